The van der Waals surface area contributed by atoms with Crippen molar-refractivity contribution < 1.29 is 14.6 Å². The van der Waals surface area contributed by atoms with Gasteiger partial charge in [-0.25, -0.2) is 4.98 Å². The summed E-state index contributed by atoms with van der Waals surface area (Å²) >= 11 is 4.97. The van der Waals surface area contributed by atoms with E-state index in [2.05, 4.69) is 20.9 Å². The Balaban J connectivity index is 2.22. The highest BCUT2D eigenvalue weighted by Crippen LogP contribution is 2.34. The van der Waals surface area contributed by atoms with Crippen LogP contribution in [0.2, 0.25) is 0 Å². The van der Waals surface area contributed by atoms with Gasteiger partial charge in [0.15, 0.2) is 0 Å². The van der Waals surface area contributed by atoms with Gasteiger partial charge in [-0.3, -0.25) is 9.69 Å². The van der Waals surface area contributed by atoms with Gasteiger partial charge in [0.05, 0.1) is 18.4 Å². The van der Waals surface area contributed by atoms with Crippen LogP contribution in [0.25, 0.3) is 10.6 Å². The topological polar surface area (TPSA) is 62.7 Å². The summed E-state index contributed by atoms with van der Waals surface area (Å²) in [6.45, 7) is 2.15. The van der Waals surface area contributed by atoms with Crippen molar-refractivity contribution in [2.75, 3.05) is 14.2 Å². The molecular weight excluding hydrogens is 368 g/mol. The number of carbonyl (C=O) groups is 1. The molecule has 0 bridgehead atoms. The number of ether oxygens (including phenoxy) is 1. The van der Waals surface area contributed by atoms with E-state index >= 15 is 0 Å². The maximum Gasteiger partial charge on any atom is 0.320 e. The third kappa shape index (κ3) is 3.85. The van der Waals surface area contributed by atoms with Crippen LogP contribution in [0.4, 0.5) is 0 Å². The van der Waals surface area contributed by atoms with Gasteiger partial charge in [0.1, 0.15) is 16.8 Å². The summed E-state index contributed by atoms with van der Waals surface area (Å²) in [5, 5.41) is 11.8. The highest BCUT2D eigenvalue weighted by atomic mass is 79.9. The molecule has 1 aromatic carbocycles. The molecule has 0 aliphatic carbocycles. The van der Waals surface area contributed by atoms with Gasteiger partial charge in [-0.1, -0.05) is 15.9 Å². The second-order valence-electron chi connectivity index (χ2n) is 4.92. The molecule has 1 aromatic heterocycles. The zero-order valence-electron chi connectivity index (χ0n) is 12.5. The van der Waals surface area contributed by atoms with Crippen molar-refractivity contribution in [1.82, 2.24) is 9.88 Å². The molecule has 0 amide bonds. The molecule has 1 heterocycles. The number of nitrogens with zero attached hydrogens (tertiary/aromatic N) is 2. The Hall–Kier alpha value is -1.44. The molecule has 1 unspecified atom stereocenters. The fourth-order valence-corrected chi connectivity index (χ4v) is 3.12. The van der Waals surface area contributed by atoms with Crippen LogP contribution in [0.5, 0.6) is 5.75 Å². The molecule has 0 saturated carbocycles. The molecule has 5 nitrogen and oxygen atoms in total. The fraction of sp³-hybridized carbons (Fsp3) is 0.333. The van der Waals surface area contributed by atoms with Gasteiger partial charge < -0.3 is 9.84 Å². The lowest BCUT2D eigenvalue weighted by Crippen LogP contribution is -2.35. The number of methoxy groups -OCH3 is 1. The predicted molar refractivity (Wildman–Crippen MR) is 90.4 cm³/mol. The molecule has 1 N–H and O–H groups in total. The highest BCUT2D eigenvalue weighted by Gasteiger charge is 2.18. The van der Waals surface area contributed by atoms with Gasteiger partial charge in [-0.15, -0.1) is 11.3 Å². The van der Waals surface area contributed by atoms with E-state index in [0.29, 0.717) is 6.54 Å². The van der Waals surface area contributed by atoms with Crippen molar-refractivity contribution in [3.05, 3.63) is 33.7 Å². The molecule has 2 rings (SSSR count). The van der Waals surface area contributed by atoms with E-state index in [0.717, 1.165) is 26.5 Å². The zero-order chi connectivity index (χ0) is 16.3. The largest absolute Gasteiger partial charge is 0.496 e. The van der Waals surface area contributed by atoms with Crippen LogP contribution in [0.15, 0.2) is 28.1 Å². The van der Waals surface area contributed by atoms with Crippen molar-refractivity contribution in [1.29, 1.82) is 0 Å². The van der Waals surface area contributed by atoms with Crippen LogP contribution < -0.4 is 4.74 Å². The van der Waals surface area contributed by atoms with Gasteiger partial charge in [0.25, 0.3) is 0 Å². The van der Waals surface area contributed by atoms with E-state index < -0.39 is 12.0 Å². The average molecular weight is 385 g/mol. The van der Waals surface area contributed by atoms with Gasteiger partial charge in [-0.2, -0.15) is 0 Å². The summed E-state index contributed by atoms with van der Waals surface area (Å²) in [4.78, 5) is 17.3. The number of carboxylic acid groups (broad SMARTS) is 1. The fourth-order valence-electron chi connectivity index (χ4n) is 1.93. The van der Waals surface area contributed by atoms with Crippen LogP contribution in [0.3, 0.4) is 0 Å². The molecule has 0 fully saturated rings. The number of aliphatic carboxylic acids is 1. The second kappa shape index (κ2) is 7.21. The van der Waals surface area contributed by atoms with Crippen molar-refractivity contribution in [2.24, 2.45) is 0 Å². The highest BCUT2D eigenvalue weighted by molar-refractivity contribution is 9.10. The number of hydrogen-bond donors (Lipinski definition) is 1. The maximum absolute atomic E-state index is 11.0. The average Bonchev–Trinajstić information content (AvgIpc) is 2.94. The maximum atomic E-state index is 11.0. The minimum absolute atomic E-state index is 0.486. The van der Waals surface area contributed by atoms with Crippen molar-refractivity contribution >= 4 is 33.2 Å². The first-order chi connectivity index (χ1) is 10.4. The quantitative estimate of drug-likeness (QED) is 0.825. The lowest BCUT2D eigenvalue weighted by molar-refractivity contribution is -0.142. The number of benzene rings is 1. The van der Waals surface area contributed by atoms with E-state index in [4.69, 9.17) is 9.84 Å². The molecule has 118 valence electrons. The van der Waals surface area contributed by atoms with E-state index in [9.17, 15) is 4.79 Å². The normalized spacial score (nSPS) is 12.4. The lowest BCUT2D eigenvalue weighted by atomic mass is 10.2. The van der Waals surface area contributed by atoms with Crippen molar-refractivity contribution in [3.63, 3.8) is 0 Å². The van der Waals surface area contributed by atoms with E-state index in [1.54, 1.807) is 26.0 Å². The number of rotatable bonds is 6. The minimum atomic E-state index is -0.841. The molecule has 0 aliphatic heterocycles. The van der Waals surface area contributed by atoms with Crippen LogP contribution in [-0.4, -0.2) is 41.2 Å². The Kier molecular flexibility index (Phi) is 5.55. The smallest absolute Gasteiger partial charge is 0.320 e. The van der Waals surface area contributed by atoms with Gasteiger partial charge in [0, 0.05) is 16.4 Å². The van der Waals surface area contributed by atoms with Crippen molar-refractivity contribution in [2.45, 2.75) is 19.5 Å². The standard InChI is InChI=1S/C15H17BrN2O3S/c1-9(15(19)20)18(2)7-11-8-22-14(17-11)12-6-10(16)4-5-13(12)21-3/h4-6,8-9H,7H2,1-3H3,(H,19,20). The predicted octanol–water partition coefficient (Wildman–Crippen LogP) is 3.49. The Morgan fingerprint density at radius 1 is 1.55 bits per heavy atom. The Bertz CT molecular complexity index is 675. The van der Waals surface area contributed by atoms with E-state index in [-0.39, 0.29) is 0 Å². The molecular formula is C15H17BrN2O3S. The number of carboxylic acids is 1. The number of halogens is 1. The Morgan fingerprint density at radius 3 is 2.91 bits per heavy atom. The van der Waals surface area contributed by atoms with Crippen LogP contribution >= 0.6 is 27.3 Å². The number of aromatic nitrogens is 1. The first-order valence-corrected chi connectivity index (χ1v) is 8.31. The molecule has 0 radical (unpaired) electrons. The minimum Gasteiger partial charge on any atom is -0.496 e. The van der Waals surface area contributed by atoms with Crippen molar-refractivity contribution in [3.8, 4) is 16.3 Å². The second-order valence-corrected chi connectivity index (χ2v) is 6.69. The summed E-state index contributed by atoms with van der Waals surface area (Å²) in [5.41, 5.74) is 1.76. The first-order valence-electron chi connectivity index (χ1n) is 6.63. The van der Waals surface area contributed by atoms with Gasteiger partial charge in [-0.05, 0) is 32.2 Å². The molecule has 0 saturated heterocycles. The molecule has 2 aromatic rings. The number of likely N-dealkylation sites (N-methyl/N-ethyl adjacent to an activating group) is 1. The van der Waals surface area contributed by atoms with E-state index in [1.165, 1.54) is 11.3 Å². The van der Waals surface area contributed by atoms with E-state index in [1.807, 2.05) is 23.6 Å². The molecule has 0 aliphatic rings. The summed E-state index contributed by atoms with van der Waals surface area (Å²) in [7, 11) is 3.40. The summed E-state index contributed by atoms with van der Waals surface area (Å²) in [6, 6.07) is 5.22. The SMILES string of the molecule is COc1ccc(Br)cc1-c1nc(CN(C)C(C)C(=O)O)cs1. The van der Waals surface area contributed by atoms with Gasteiger partial charge in [0.2, 0.25) is 0 Å². The zero-order valence-corrected chi connectivity index (χ0v) is 14.9. The lowest BCUT2D eigenvalue weighted by Gasteiger charge is -2.19. The molecule has 0 spiro atoms. The Labute approximate surface area is 141 Å². The molecule has 1 atom stereocenters. The third-order valence-electron chi connectivity index (χ3n) is 3.37. The molecule has 22 heavy (non-hydrogen) atoms. The van der Waals surface area contributed by atoms with Crippen LogP contribution in [-0.2, 0) is 11.3 Å². The van der Waals surface area contributed by atoms with Crippen LogP contribution in [0.1, 0.15) is 12.6 Å². The van der Waals surface area contributed by atoms with Crippen LogP contribution in [0, 0.1) is 0 Å². The summed E-state index contributed by atoms with van der Waals surface area (Å²) in [5.74, 6) is -0.0806. The van der Waals surface area contributed by atoms with Gasteiger partial charge >= 0.3 is 5.97 Å². The third-order valence-corrected chi connectivity index (χ3v) is 4.79. The number of hydrogen-bond acceptors (Lipinski definition) is 5. The monoisotopic (exact) mass is 384 g/mol. The first kappa shape index (κ1) is 16.9. The Morgan fingerprint density at radius 2 is 2.27 bits per heavy atom. The summed E-state index contributed by atoms with van der Waals surface area (Å²) < 4.78 is 6.33. The summed E-state index contributed by atoms with van der Waals surface area (Å²) in [6.07, 6.45) is 0. The molecule has 7 heteroatoms. The number of thiazole rings is 1.